The molecule has 4 nitrogen and oxygen atoms in total. The highest BCUT2D eigenvalue weighted by atomic mass is 16.5. The van der Waals surface area contributed by atoms with E-state index in [-0.39, 0.29) is 5.78 Å². The monoisotopic (exact) mass is 297 g/mol. The van der Waals surface area contributed by atoms with Crippen LogP contribution in [0.4, 0.5) is 0 Å². The van der Waals surface area contributed by atoms with Crippen molar-refractivity contribution < 1.29 is 14.3 Å². The Labute approximate surface area is 129 Å². The van der Waals surface area contributed by atoms with Gasteiger partial charge in [0.15, 0.2) is 5.78 Å². The minimum atomic E-state index is 0.0483. The first-order valence-corrected chi connectivity index (χ1v) is 7.44. The molecule has 0 heterocycles. The molecule has 2 N–H and O–H groups in total. The third-order valence-corrected chi connectivity index (χ3v) is 3.69. The van der Waals surface area contributed by atoms with Gasteiger partial charge in [0, 0.05) is 23.1 Å². The van der Waals surface area contributed by atoms with Crippen molar-refractivity contribution in [2.75, 3.05) is 33.0 Å². The summed E-state index contributed by atoms with van der Waals surface area (Å²) in [6.45, 7) is 2.28. The van der Waals surface area contributed by atoms with E-state index in [0.717, 1.165) is 21.9 Å². The minimum Gasteiger partial charge on any atom is -0.378 e. The number of nitrogens with two attached hydrogens (primary N) is 1. The highest BCUT2D eigenvalue weighted by Crippen LogP contribution is 2.31. The molecule has 0 saturated heterocycles. The summed E-state index contributed by atoms with van der Waals surface area (Å²) in [5, 5.41) is 2.12. The fourth-order valence-electron chi connectivity index (χ4n) is 2.70. The Morgan fingerprint density at radius 2 is 1.73 bits per heavy atom. The predicted octanol–water partition coefficient (Wildman–Crippen LogP) is 2.41. The van der Waals surface area contributed by atoms with Gasteiger partial charge in [-0.3, -0.25) is 4.79 Å². The van der Waals surface area contributed by atoms with Gasteiger partial charge in [-0.05, 0) is 17.0 Å². The molecular weight excluding hydrogens is 278 g/mol. The fraction of sp³-hybridized carbons (Fsp3) is 0.278. The van der Waals surface area contributed by atoms with Gasteiger partial charge in [-0.25, -0.2) is 0 Å². The van der Waals surface area contributed by atoms with E-state index in [2.05, 4.69) is 0 Å². The normalized spacial score (nSPS) is 13.5. The van der Waals surface area contributed by atoms with E-state index in [4.69, 9.17) is 15.2 Å². The van der Waals surface area contributed by atoms with Crippen molar-refractivity contribution in [2.24, 2.45) is 5.73 Å². The quantitative estimate of drug-likeness (QED) is 0.797. The van der Waals surface area contributed by atoms with Crippen LogP contribution in [-0.4, -0.2) is 38.8 Å². The van der Waals surface area contributed by atoms with E-state index < -0.39 is 0 Å². The molecule has 0 bridgehead atoms. The number of ether oxygens (including phenoxy) is 2. The third kappa shape index (κ3) is 2.95. The van der Waals surface area contributed by atoms with Crippen LogP contribution >= 0.6 is 0 Å². The Morgan fingerprint density at radius 1 is 0.955 bits per heavy atom. The van der Waals surface area contributed by atoms with Gasteiger partial charge in [0.1, 0.15) is 0 Å². The lowest BCUT2D eigenvalue weighted by Crippen LogP contribution is -2.16. The van der Waals surface area contributed by atoms with Gasteiger partial charge < -0.3 is 15.2 Å². The average molecular weight is 297 g/mol. The first kappa shape index (κ1) is 14.9. The van der Waals surface area contributed by atoms with E-state index in [9.17, 15) is 4.79 Å². The van der Waals surface area contributed by atoms with Crippen molar-refractivity contribution in [1.29, 1.82) is 0 Å². The van der Waals surface area contributed by atoms with Crippen molar-refractivity contribution in [3.63, 3.8) is 0 Å². The van der Waals surface area contributed by atoms with Crippen LogP contribution in [0.1, 0.15) is 15.9 Å². The largest absolute Gasteiger partial charge is 0.378 e. The molecule has 0 spiro atoms. The number of benzene rings is 2. The molecule has 0 unspecified atom stereocenters. The van der Waals surface area contributed by atoms with Crippen LogP contribution in [0.5, 0.6) is 0 Å². The van der Waals surface area contributed by atoms with Crippen LogP contribution in [0.15, 0.2) is 42.0 Å². The zero-order valence-electron chi connectivity index (χ0n) is 12.4. The number of rotatable bonds is 7. The second-order valence-electron chi connectivity index (χ2n) is 5.20. The SMILES string of the molecule is NCCOCCOCC1=Cc2cccc3cccc(c23)C1=O. The molecule has 0 atom stereocenters. The zero-order chi connectivity index (χ0) is 15.4. The molecule has 2 aromatic rings. The predicted molar refractivity (Wildman–Crippen MR) is 86.9 cm³/mol. The lowest BCUT2D eigenvalue weighted by Gasteiger charge is -2.17. The number of Topliss-reactive ketones (excluding diaryl/α,β-unsaturated/α-hetero) is 1. The number of hydrogen-bond donors (Lipinski definition) is 1. The molecule has 4 heteroatoms. The van der Waals surface area contributed by atoms with Crippen molar-refractivity contribution >= 4 is 22.6 Å². The second-order valence-corrected chi connectivity index (χ2v) is 5.20. The summed E-state index contributed by atoms with van der Waals surface area (Å²) < 4.78 is 10.8. The van der Waals surface area contributed by atoms with E-state index in [1.807, 2.05) is 42.5 Å². The highest BCUT2D eigenvalue weighted by Gasteiger charge is 2.21. The summed E-state index contributed by atoms with van der Waals surface area (Å²) in [5.74, 6) is 0.0483. The molecule has 0 saturated carbocycles. The lowest BCUT2D eigenvalue weighted by atomic mass is 9.88. The van der Waals surface area contributed by atoms with Crippen LogP contribution in [0.2, 0.25) is 0 Å². The van der Waals surface area contributed by atoms with E-state index in [1.165, 1.54) is 0 Å². The number of ketones is 1. The molecule has 3 rings (SSSR count). The topological polar surface area (TPSA) is 61.6 Å². The first-order chi connectivity index (χ1) is 10.8. The van der Waals surface area contributed by atoms with E-state index in [0.29, 0.717) is 38.5 Å². The number of hydrogen-bond acceptors (Lipinski definition) is 4. The van der Waals surface area contributed by atoms with Crippen LogP contribution in [0, 0.1) is 0 Å². The number of carbonyl (C=O) groups is 1. The molecule has 0 radical (unpaired) electrons. The summed E-state index contributed by atoms with van der Waals surface area (Å²) in [4.78, 5) is 12.6. The van der Waals surface area contributed by atoms with Crippen molar-refractivity contribution in [2.45, 2.75) is 0 Å². The minimum absolute atomic E-state index is 0.0483. The Hall–Kier alpha value is -2.01. The summed E-state index contributed by atoms with van der Waals surface area (Å²) in [6.07, 6.45) is 1.93. The molecule has 0 aliphatic heterocycles. The Kier molecular flexibility index (Phi) is 4.63. The van der Waals surface area contributed by atoms with Gasteiger partial charge in [0.05, 0.1) is 26.4 Å². The first-order valence-electron chi connectivity index (χ1n) is 7.44. The third-order valence-electron chi connectivity index (χ3n) is 3.69. The molecular formula is C18H19NO3. The van der Waals surface area contributed by atoms with Crippen molar-refractivity contribution in [1.82, 2.24) is 0 Å². The van der Waals surface area contributed by atoms with Crippen LogP contribution < -0.4 is 5.73 Å². The summed E-state index contributed by atoms with van der Waals surface area (Å²) in [5.41, 5.74) is 7.86. The average Bonchev–Trinajstić information content (AvgIpc) is 2.55. The van der Waals surface area contributed by atoms with E-state index in [1.54, 1.807) is 0 Å². The molecule has 2 aromatic carbocycles. The van der Waals surface area contributed by atoms with Crippen molar-refractivity contribution in [3.8, 4) is 0 Å². The van der Waals surface area contributed by atoms with Gasteiger partial charge in [-0.15, -0.1) is 0 Å². The summed E-state index contributed by atoms with van der Waals surface area (Å²) >= 11 is 0. The Morgan fingerprint density at radius 3 is 2.55 bits per heavy atom. The van der Waals surface area contributed by atoms with Gasteiger partial charge in [0.2, 0.25) is 0 Å². The Balaban J connectivity index is 1.73. The van der Waals surface area contributed by atoms with Gasteiger partial charge in [-0.1, -0.05) is 36.4 Å². The Bertz CT molecular complexity index is 716. The smallest absolute Gasteiger partial charge is 0.192 e. The molecule has 114 valence electrons. The maximum Gasteiger partial charge on any atom is 0.192 e. The molecule has 1 aliphatic carbocycles. The van der Waals surface area contributed by atoms with Gasteiger partial charge in [-0.2, -0.15) is 0 Å². The van der Waals surface area contributed by atoms with Crippen LogP contribution in [0.25, 0.3) is 16.8 Å². The molecule has 0 fully saturated rings. The molecule has 0 amide bonds. The molecule has 0 aromatic heterocycles. The van der Waals surface area contributed by atoms with Crippen LogP contribution in [-0.2, 0) is 9.47 Å². The molecule has 1 aliphatic rings. The fourth-order valence-corrected chi connectivity index (χ4v) is 2.70. The van der Waals surface area contributed by atoms with Gasteiger partial charge in [0.25, 0.3) is 0 Å². The van der Waals surface area contributed by atoms with E-state index >= 15 is 0 Å². The van der Waals surface area contributed by atoms with Crippen LogP contribution in [0.3, 0.4) is 0 Å². The second kappa shape index (κ2) is 6.83. The highest BCUT2D eigenvalue weighted by molar-refractivity contribution is 6.22. The summed E-state index contributed by atoms with van der Waals surface area (Å²) in [6, 6.07) is 11.9. The maximum absolute atomic E-state index is 12.6. The number of carbonyl (C=O) groups excluding carboxylic acids is 1. The van der Waals surface area contributed by atoms with Gasteiger partial charge >= 0.3 is 0 Å². The molecule has 22 heavy (non-hydrogen) atoms. The lowest BCUT2D eigenvalue weighted by molar-refractivity contribution is 0.0582. The zero-order valence-corrected chi connectivity index (χ0v) is 12.4. The van der Waals surface area contributed by atoms with Crippen molar-refractivity contribution in [3.05, 3.63) is 53.1 Å². The maximum atomic E-state index is 12.6. The standard InChI is InChI=1S/C18H19NO3/c19-7-8-21-9-10-22-12-15-11-14-5-1-3-13-4-2-6-16(17(13)14)18(15)20/h1-6,11H,7-10,12,19H2. The summed E-state index contributed by atoms with van der Waals surface area (Å²) in [7, 11) is 0.